The fraction of sp³-hybridized carbons (Fsp3) is 0.143. The third-order valence-corrected chi connectivity index (χ3v) is 3.54. The number of carbonyl (C=O) groups excluding carboxylic acids is 1. The molecule has 0 spiro atoms. The van der Waals surface area contributed by atoms with Crippen molar-refractivity contribution in [3.05, 3.63) is 46.2 Å². The van der Waals surface area contributed by atoms with Gasteiger partial charge in [-0.05, 0) is 30.3 Å². The molecule has 2 rings (SSSR count). The lowest BCUT2D eigenvalue weighted by molar-refractivity contribution is -0.119. The molecule has 1 aromatic carbocycles. The third kappa shape index (κ3) is 4.50. The fourth-order valence-corrected chi connectivity index (χ4v) is 2.40. The summed E-state index contributed by atoms with van der Waals surface area (Å²) in [6.07, 6.45) is 0. The molecule has 0 saturated carbocycles. The molecule has 1 heterocycles. The molecule has 0 atom stereocenters. The zero-order valence-electron chi connectivity index (χ0n) is 11.0. The van der Waals surface area contributed by atoms with E-state index in [2.05, 4.69) is 5.32 Å². The van der Waals surface area contributed by atoms with E-state index in [-0.39, 0.29) is 6.61 Å². The van der Waals surface area contributed by atoms with Crippen molar-refractivity contribution in [2.75, 3.05) is 11.9 Å². The van der Waals surface area contributed by atoms with Crippen LogP contribution in [-0.4, -0.2) is 23.6 Å². The van der Waals surface area contributed by atoms with Gasteiger partial charge in [-0.25, -0.2) is 4.79 Å². The van der Waals surface area contributed by atoms with Crippen LogP contribution in [0.15, 0.2) is 35.7 Å². The van der Waals surface area contributed by atoms with Gasteiger partial charge >= 0.3 is 5.97 Å². The van der Waals surface area contributed by atoms with Crippen molar-refractivity contribution in [2.45, 2.75) is 6.54 Å². The largest absolute Gasteiger partial charge is 0.484 e. The fourth-order valence-electron chi connectivity index (χ4n) is 1.60. The number of nitrogens with two attached hydrogens (primary N) is 1. The zero-order chi connectivity index (χ0) is 15.2. The number of thiophene rings is 1. The van der Waals surface area contributed by atoms with Crippen molar-refractivity contribution < 1.29 is 19.4 Å². The molecule has 0 aliphatic rings. The summed E-state index contributed by atoms with van der Waals surface area (Å²) in [6.45, 7) is 0.388. The molecular formula is C14H14N2O4S. The number of aromatic carboxylic acids is 1. The average Bonchev–Trinajstić information content (AvgIpc) is 2.93. The number of rotatable bonds is 7. The molecule has 0 radical (unpaired) electrons. The molecule has 1 amide bonds. The van der Waals surface area contributed by atoms with Gasteiger partial charge in [0.05, 0.1) is 5.56 Å². The summed E-state index contributed by atoms with van der Waals surface area (Å²) in [6, 6.07) is 8.71. The molecule has 7 heteroatoms. The first-order chi connectivity index (χ1) is 10.0. The standard InChI is InChI=1S/C14H14N2O4S/c15-13(17)7-20-11-3-1-10(2-4-11)16-6-12-5-9(8-21-12)14(18)19/h1-5,8,16H,6-7H2,(H2,15,17)(H,18,19). The topological polar surface area (TPSA) is 102 Å². The average molecular weight is 306 g/mol. The molecule has 6 nitrogen and oxygen atoms in total. The van der Waals surface area contributed by atoms with Crippen molar-refractivity contribution in [3.63, 3.8) is 0 Å². The van der Waals surface area contributed by atoms with Crippen molar-refractivity contribution in [3.8, 4) is 5.75 Å². The molecule has 0 unspecified atom stereocenters. The minimum absolute atomic E-state index is 0.153. The van der Waals surface area contributed by atoms with Gasteiger partial charge in [0.25, 0.3) is 5.91 Å². The van der Waals surface area contributed by atoms with Crippen molar-refractivity contribution >= 4 is 28.9 Å². The highest BCUT2D eigenvalue weighted by molar-refractivity contribution is 7.10. The highest BCUT2D eigenvalue weighted by atomic mass is 32.1. The van der Waals surface area contributed by atoms with Gasteiger partial charge < -0.3 is 20.9 Å². The molecule has 21 heavy (non-hydrogen) atoms. The lowest BCUT2D eigenvalue weighted by Gasteiger charge is -2.07. The van der Waals surface area contributed by atoms with Crippen LogP contribution in [0.5, 0.6) is 5.75 Å². The number of ether oxygens (including phenoxy) is 1. The van der Waals surface area contributed by atoms with Crippen LogP contribution in [0.1, 0.15) is 15.2 Å². The van der Waals surface area contributed by atoms with Crippen molar-refractivity contribution in [2.24, 2.45) is 5.73 Å². The van der Waals surface area contributed by atoms with Gasteiger partial charge in [-0.1, -0.05) is 0 Å². The summed E-state index contributed by atoms with van der Waals surface area (Å²) in [5, 5.41) is 13.6. The van der Waals surface area contributed by atoms with Gasteiger partial charge in [-0.15, -0.1) is 11.3 Å². The Balaban J connectivity index is 1.88. The Labute approximate surface area is 125 Å². The van der Waals surface area contributed by atoms with E-state index < -0.39 is 11.9 Å². The van der Waals surface area contributed by atoms with Gasteiger partial charge in [0, 0.05) is 22.5 Å². The van der Waals surface area contributed by atoms with E-state index in [1.807, 2.05) is 12.1 Å². The minimum atomic E-state index is -0.923. The summed E-state index contributed by atoms with van der Waals surface area (Å²) >= 11 is 1.39. The van der Waals surface area contributed by atoms with Gasteiger partial charge in [0.1, 0.15) is 5.75 Å². The van der Waals surface area contributed by atoms with Gasteiger partial charge in [-0.3, -0.25) is 4.79 Å². The number of hydrogen-bond acceptors (Lipinski definition) is 5. The van der Waals surface area contributed by atoms with Crippen LogP contribution in [-0.2, 0) is 11.3 Å². The van der Waals surface area contributed by atoms with Crippen LogP contribution in [0.25, 0.3) is 0 Å². The highest BCUT2D eigenvalue weighted by Crippen LogP contribution is 2.19. The molecule has 110 valence electrons. The first kappa shape index (κ1) is 14.9. The molecule has 4 N–H and O–H groups in total. The molecule has 0 fully saturated rings. The number of primary amides is 1. The molecule has 2 aromatic rings. The van der Waals surface area contributed by atoms with E-state index in [0.717, 1.165) is 10.6 Å². The van der Waals surface area contributed by atoms with E-state index >= 15 is 0 Å². The lowest BCUT2D eigenvalue weighted by atomic mass is 10.3. The Kier molecular flexibility index (Phi) is 4.78. The van der Waals surface area contributed by atoms with Gasteiger partial charge in [0.15, 0.2) is 6.61 Å². The van der Waals surface area contributed by atoms with Gasteiger partial charge in [-0.2, -0.15) is 0 Å². The Hall–Kier alpha value is -2.54. The monoisotopic (exact) mass is 306 g/mol. The second kappa shape index (κ2) is 6.76. The van der Waals surface area contributed by atoms with Crippen molar-refractivity contribution in [1.29, 1.82) is 0 Å². The SMILES string of the molecule is NC(=O)COc1ccc(NCc2cc(C(=O)O)cs2)cc1. The van der Waals surface area contributed by atoms with Crippen LogP contribution in [0, 0.1) is 0 Å². The number of amides is 1. The first-order valence-electron chi connectivity index (χ1n) is 6.10. The maximum Gasteiger partial charge on any atom is 0.336 e. The molecular weight excluding hydrogens is 292 g/mol. The van der Waals surface area contributed by atoms with Crippen LogP contribution < -0.4 is 15.8 Å². The first-order valence-corrected chi connectivity index (χ1v) is 6.98. The number of carboxylic acid groups (broad SMARTS) is 1. The highest BCUT2D eigenvalue weighted by Gasteiger charge is 2.06. The van der Waals surface area contributed by atoms with Crippen LogP contribution in [0.2, 0.25) is 0 Å². The van der Waals surface area contributed by atoms with E-state index in [1.165, 1.54) is 11.3 Å². The summed E-state index contributed by atoms with van der Waals surface area (Å²) in [5.41, 5.74) is 6.15. The van der Waals surface area contributed by atoms with E-state index in [1.54, 1.807) is 23.6 Å². The Morgan fingerprint density at radius 1 is 1.29 bits per heavy atom. The maximum absolute atomic E-state index is 10.8. The summed E-state index contributed by atoms with van der Waals surface area (Å²) in [7, 11) is 0. The quantitative estimate of drug-likeness (QED) is 0.725. The van der Waals surface area contributed by atoms with E-state index in [0.29, 0.717) is 17.9 Å². The number of nitrogens with one attached hydrogen (secondary N) is 1. The van der Waals surface area contributed by atoms with Crippen LogP contribution >= 0.6 is 11.3 Å². The number of anilines is 1. The summed E-state index contributed by atoms with van der Waals surface area (Å²) in [5.74, 6) is -0.888. The van der Waals surface area contributed by atoms with Crippen LogP contribution in [0.4, 0.5) is 5.69 Å². The smallest absolute Gasteiger partial charge is 0.336 e. The Bertz CT molecular complexity index is 637. The Morgan fingerprint density at radius 2 is 2.00 bits per heavy atom. The second-order valence-electron chi connectivity index (χ2n) is 4.24. The molecule has 0 aliphatic carbocycles. The summed E-state index contributed by atoms with van der Waals surface area (Å²) < 4.78 is 5.15. The molecule has 0 aliphatic heterocycles. The molecule has 0 bridgehead atoms. The lowest BCUT2D eigenvalue weighted by Crippen LogP contribution is -2.19. The predicted octanol–water partition coefficient (Wildman–Crippen LogP) is 1.92. The van der Waals surface area contributed by atoms with E-state index in [9.17, 15) is 9.59 Å². The third-order valence-electron chi connectivity index (χ3n) is 2.60. The molecule has 0 saturated heterocycles. The summed E-state index contributed by atoms with van der Waals surface area (Å²) in [4.78, 5) is 22.3. The second-order valence-corrected chi connectivity index (χ2v) is 5.24. The van der Waals surface area contributed by atoms with Crippen molar-refractivity contribution in [1.82, 2.24) is 0 Å². The number of carbonyl (C=O) groups is 2. The molecule has 1 aromatic heterocycles. The van der Waals surface area contributed by atoms with Gasteiger partial charge in [0.2, 0.25) is 0 Å². The minimum Gasteiger partial charge on any atom is -0.484 e. The van der Waals surface area contributed by atoms with Crippen LogP contribution in [0.3, 0.4) is 0 Å². The predicted molar refractivity (Wildman–Crippen MR) is 79.7 cm³/mol. The number of benzene rings is 1. The number of carboxylic acids is 1. The zero-order valence-corrected chi connectivity index (χ0v) is 11.9. The Morgan fingerprint density at radius 3 is 2.57 bits per heavy atom. The van der Waals surface area contributed by atoms with E-state index in [4.69, 9.17) is 15.6 Å². The normalized spacial score (nSPS) is 10.1. The maximum atomic E-state index is 10.8. The number of hydrogen-bond donors (Lipinski definition) is 3.